The molecule has 5 nitrogen and oxygen atoms in total. The van der Waals surface area contributed by atoms with Crippen molar-refractivity contribution < 1.29 is 15.0 Å². The van der Waals surface area contributed by atoms with Crippen molar-refractivity contribution in [3.63, 3.8) is 0 Å². The largest absolute Gasteiger partial charge is 0.392 e. The Balaban J connectivity index is 1.40. The molecule has 3 aliphatic rings. The summed E-state index contributed by atoms with van der Waals surface area (Å²) in [5, 5.41) is 23.6. The summed E-state index contributed by atoms with van der Waals surface area (Å²) in [6.07, 6.45) is 9.39. The van der Waals surface area contributed by atoms with Crippen molar-refractivity contribution in [1.29, 1.82) is 0 Å². The van der Waals surface area contributed by atoms with Gasteiger partial charge in [-0.15, -0.1) is 0 Å². The number of amides is 1. The highest BCUT2D eigenvalue weighted by molar-refractivity contribution is 5.79. The molecule has 3 rings (SSSR count). The van der Waals surface area contributed by atoms with Crippen LogP contribution in [0.3, 0.4) is 0 Å². The minimum Gasteiger partial charge on any atom is -0.392 e. The number of hydrogen-bond acceptors (Lipinski definition) is 4. The first-order valence-electron chi connectivity index (χ1n) is 9.49. The molecule has 1 aliphatic heterocycles. The van der Waals surface area contributed by atoms with Gasteiger partial charge in [0, 0.05) is 25.7 Å². The van der Waals surface area contributed by atoms with Gasteiger partial charge >= 0.3 is 0 Å². The molecule has 0 aromatic rings. The van der Waals surface area contributed by atoms with E-state index >= 15 is 0 Å². The molecule has 2 unspecified atom stereocenters. The highest BCUT2D eigenvalue weighted by atomic mass is 16.3. The smallest absolute Gasteiger partial charge is 0.225 e. The second-order valence-corrected chi connectivity index (χ2v) is 7.95. The van der Waals surface area contributed by atoms with Crippen molar-refractivity contribution in [2.45, 2.75) is 82.0 Å². The van der Waals surface area contributed by atoms with E-state index in [1.807, 2.05) is 0 Å². The number of rotatable bonds is 4. The van der Waals surface area contributed by atoms with Gasteiger partial charge in [0.2, 0.25) is 5.91 Å². The van der Waals surface area contributed by atoms with Gasteiger partial charge in [-0.2, -0.15) is 0 Å². The maximum atomic E-state index is 12.2. The number of likely N-dealkylation sites (tertiary alicyclic amines) is 1. The zero-order valence-electron chi connectivity index (χ0n) is 14.2. The summed E-state index contributed by atoms with van der Waals surface area (Å²) in [5.74, 6) is -0.157. The first-order chi connectivity index (χ1) is 11.1. The maximum absolute atomic E-state index is 12.2. The van der Waals surface area contributed by atoms with Gasteiger partial charge in [0.1, 0.15) is 0 Å². The van der Waals surface area contributed by atoms with Crippen LogP contribution in [-0.2, 0) is 4.79 Å². The van der Waals surface area contributed by atoms with Gasteiger partial charge in [0.15, 0.2) is 0 Å². The van der Waals surface area contributed by atoms with Crippen molar-refractivity contribution in [3.05, 3.63) is 0 Å². The number of hydrogen-bond donors (Lipinski definition) is 3. The van der Waals surface area contributed by atoms with E-state index in [1.54, 1.807) is 0 Å². The van der Waals surface area contributed by atoms with Crippen LogP contribution in [0.5, 0.6) is 0 Å². The molecule has 2 atom stereocenters. The Bertz CT molecular complexity index is 401. The molecule has 2 aliphatic carbocycles. The van der Waals surface area contributed by atoms with E-state index in [1.165, 1.54) is 6.42 Å². The molecule has 0 radical (unpaired) electrons. The van der Waals surface area contributed by atoms with Gasteiger partial charge < -0.3 is 20.4 Å². The molecule has 3 N–H and O–H groups in total. The number of aliphatic hydroxyl groups is 2. The van der Waals surface area contributed by atoms with Gasteiger partial charge in [0.25, 0.3) is 0 Å². The second-order valence-electron chi connectivity index (χ2n) is 7.95. The van der Waals surface area contributed by atoms with Crippen molar-refractivity contribution in [1.82, 2.24) is 10.2 Å². The third-order valence-corrected chi connectivity index (χ3v) is 6.05. The number of carbonyl (C=O) groups excluding carboxylic acids is 1. The van der Waals surface area contributed by atoms with E-state index in [4.69, 9.17) is 0 Å². The van der Waals surface area contributed by atoms with Crippen molar-refractivity contribution >= 4 is 5.91 Å². The zero-order valence-corrected chi connectivity index (χ0v) is 14.2. The molecular weight excluding hydrogens is 292 g/mol. The monoisotopic (exact) mass is 324 g/mol. The summed E-state index contributed by atoms with van der Waals surface area (Å²) in [5.41, 5.74) is -0.484. The third kappa shape index (κ3) is 4.46. The van der Waals surface area contributed by atoms with Gasteiger partial charge in [-0.3, -0.25) is 4.79 Å². The minimum atomic E-state index is -0.484. The number of piperidine rings is 1. The summed E-state index contributed by atoms with van der Waals surface area (Å²) in [7, 11) is 0. The van der Waals surface area contributed by atoms with Crippen LogP contribution in [0.1, 0.15) is 64.2 Å². The van der Waals surface area contributed by atoms with E-state index in [2.05, 4.69) is 10.2 Å². The van der Waals surface area contributed by atoms with Crippen LogP contribution < -0.4 is 5.32 Å². The molecular formula is C18H32N2O3. The van der Waals surface area contributed by atoms with Crippen LogP contribution >= 0.6 is 0 Å². The Morgan fingerprint density at radius 3 is 2.35 bits per heavy atom. The van der Waals surface area contributed by atoms with Crippen LogP contribution in [0.2, 0.25) is 0 Å². The number of carbonyl (C=O) groups is 1. The molecule has 1 heterocycles. The number of nitrogens with one attached hydrogen (secondary N) is 1. The van der Waals surface area contributed by atoms with Crippen LogP contribution in [0, 0.1) is 5.92 Å². The fourth-order valence-corrected chi connectivity index (χ4v) is 4.57. The second kappa shape index (κ2) is 7.49. The molecule has 5 heteroatoms. The van der Waals surface area contributed by atoms with E-state index in [9.17, 15) is 15.0 Å². The molecule has 0 bridgehead atoms. The fourth-order valence-electron chi connectivity index (χ4n) is 4.57. The van der Waals surface area contributed by atoms with Gasteiger partial charge in [-0.1, -0.05) is 19.3 Å². The Kier molecular flexibility index (Phi) is 5.60. The summed E-state index contributed by atoms with van der Waals surface area (Å²) < 4.78 is 0. The number of nitrogens with zero attached hydrogens (tertiary/aromatic N) is 1. The standard InChI is InChI=1S/C18H32N2O3/c21-16-6-4-5-15(16)17(22)19-14-7-11-20(12-8-14)13-18(23)9-2-1-3-10-18/h14-16,21,23H,1-13H2,(H,19,22). The normalized spacial score (nSPS) is 32.8. The summed E-state index contributed by atoms with van der Waals surface area (Å²) in [4.78, 5) is 14.6. The molecule has 0 aromatic heterocycles. The summed E-state index contributed by atoms with van der Waals surface area (Å²) in [6, 6.07) is 0.229. The van der Waals surface area contributed by atoms with Gasteiger partial charge in [-0.25, -0.2) is 0 Å². The molecule has 23 heavy (non-hydrogen) atoms. The molecule has 1 amide bonds. The number of β-amino-alcohol motifs (C(OH)–C–C–N with tert-alkyl or cyclic N) is 1. The minimum absolute atomic E-state index is 0.0411. The van der Waals surface area contributed by atoms with Crippen LogP contribution in [0.15, 0.2) is 0 Å². The Hall–Kier alpha value is -0.650. The lowest BCUT2D eigenvalue weighted by Gasteiger charge is -2.40. The van der Waals surface area contributed by atoms with E-state index in [0.29, 0.717) is 0 Å². The summed E-state index contributed by atoms with van der Waals surface area (Å²) >= 11 is 0. The predicted molar refractivity (Wildman–Crippen MR) is 89.0 cm³/mol. The molecule has 132 valence electrons. The molecule has 1 saturated heterocycles. The SMILES string of the molecule is O=C(NC1CCN(CC2(O)CCCCC2)CC1)C1CCCC1O. The first kappa shape index (κ1) is 17.2. The van der Waals surface area contributed by atoms with E-state index in [-0.39, 0.29) is 17.9 Å². The molecule has 0 spiro atoms. The maximum Gasteiger partial charge on any atom is 0.225 e. The average molecular weight is 324 g/mol. The highest BCUT2D eigenvalue weighted by Gasteiger charge is 2.35. The highest BCUT2D eigenvalue weighted by Crippen LogP contribution is 2.30. The lowest BCUT2D eigenvalue weighted by Crippen LogP contribution is -2.51. The Morgan fingerprint density at radius 1 is 1.04 bits per heavy atom. The number of aliphatic hydroxyl groups excluding tert-OH is 1. The zero-order chi connectivity index (χ0) is 16.3. The fraction of sp³-hybridized carbons (Fsp3) is 0.944. The third-order valence-electron chi connectivity index (χ3n) is 6.05. The van der Waals surface area contributed by atoms with Gasteiger partial charge in [0.05, 0.1) is 17.6 Å². The molecule has 2 saturated carbocycles. The van der Waals surface area contributed by atoms with Crippen LogP contribution in [0.25, 0.3) is 0 Å². The van der Waals surface area contributed by atoms with E-state index < -0.39 is 11.7 Å². The summed E-state index contributed by atoms with van der Waals surface area (Å²) in [6.45, 7) is 2.68. The van der Waals surface area contributed by atoms with Crippen LogP contribution in [-0.4, -0.2) is 58.4 Å². The predicted octanol–water partition coefficient (Wildman–Crippen LogP) is 1.42. The van der Waals surface area contributed by atoms with E-state index in [0.717, 1.165) is 77.4 Å². The molecule has 3 fully saturated rings. The average Bonchev–Trinajstić information content (AvgIpc) is 2.96. The first-order valence-corrected chi connectivity index (χ1v) is 9.49. The molecule has 0 aromatic carbocycles. The quantitative estimate of drug-likeness (QED) is 0.731. The van der Waals surface area contributed by atoms with Crippen LogP contribution in [0.4, 0.5) is 0 Å². The van der Waals surface area contributed by atoms with Crippen molar-refractivity contribution in [2.24, 2.45) is 5.92 Å². The Morgan fingerprint density at radius 2 is 1.74 bits per heavy atom. The van der Waals surface area contributed by atoms with Crippen molar-refractivity contribution in [3.8, 4) is 0 Å². The lowest BCUT2D eigenvalue weighted by atomic mass is 9.84. The van der Waals surface area contributed by atoms with Gasteiger partial charge in [-0.05, 0) is 44.9 Å². The lowest BCUT2D eigenvalue weighted by molar-refractivity contribution is -0.128. The topological polar surface area (TPSA) is 72.8 Å². The van der Waals surface area contributed by atoms with Crippen molar-refractivity contribution in [2.75, 3.05) is 19.6 Å². The Labute approximate surface area is 139 Å².